The topological polar surface area (TPSA) is 12.0 Å². The molecule has 0 aliphatic heterocycles. The van der Waals surface area contributed by atoms with Crippen molar-refractivity contribution < 1.29 is 0 Å². The molecule has 0 saturated heterocycles. The number of benzene rings is 1. The van der Waals surface area contributed by atoms with Gasteiger partial charge in [0.15, 0.2) is 0 Å². The van der Waals surface area contributed by atoms with Gasteiger partial charge in [-0.3, -0.25) is 0 Å². The third-order valence-corrected chi connectivity index (χ3v) is 3.83. The highest BCUT2D eigenvalue weighted by Gasteiger charge is 2.29. The van der Waals surface area contributed by atoms with Crippen molar-refractivity contribution in [3.05, 3.63) is 35.4 Å². The van der Waals surface area contributed by atoms with E-state index in [-0.39, 0.29) is 0 Å². The normalized spacial score (nSPS) is 17.1. The molecule has 94 valence electrons. The molecular weight excluding hydrogens is 206 g/mol. The van der Waals surface area contributed by atoms with Gasteiger partial charge in [-0.1, -0.05) is 38.1 Å². The van der Waals surface area contributed by atoms with Gasteiger partial charge in [0.05, 0.1) is 0 Å². The Hall–Kier alpha value is -0.820. The maximum absolute atomic E-state index is 3.64. The Kier molecular flexibility index (Phi) is 4.61. The summed E-state index contributed by atoms with van der Waals surface area (Å²) in [6.07, 6.45) is 6.53. The van der Waals surface area contributed by atoms with Gasteiger partial charge in [-0.15, -0.1) is 0 Å². The Balaban J connectivity index is 1.82. The Morgan fingerprint density at radius 2 is 1.76 bits per heavy atom. The first-order valence-electron chi connectivity index (χ1n) is 7.14. The third kappa shape index (κ3) is 3.85. The van der Waals surface area contributed by atoms with E-state index in [4.69, 9.17) is 0 Å². The van der Waals surface area contributed by atoms with Crippen LogP contribution in [0.25, 0.3) is 0 Å². The second kappa shape index (κ2) is 6.20. The average molecular weight is 231 g/mol. The predicted molar refractivity (Wildman–Crippen MR) is 74.3 cm³/mol. The molecule has 0 amide bonds. The molecular formula is C16H25N. The summed E-state index contributed by atoms with van der Waals surface area (Å²) in [4.78, 5) is 0. The fraction of sp³-hybridized carbons (Fsp3) is 0.625. The van der Waals surface area contributed by atoms with E-state index in [9.17, 15) is 0 Å². The largest absolute Gasteiger partial charge is 0.314 e. The van der Waals surface area contributed by atoms with Crippen LogP contribution in [0.3, 0.4) is 0 Å². The number of nitrogens with one attached hydrogen (secondary N) is 1. The molecule has 1 aromatic carbocycles. The SMILES string of the molecule is CCNC(CCc1ccc(CC)cc1)C1CC1. The highest BCUT2D eigenvalue weighted by atomic mass is 14.9. The highest BCUT2D eigenvalue weighted by molar-refractivity contribution is 5.22. The molecule has 0 bridgehead atoms. The van der Waals surface area contributed by atoms with Crippen LogP contribution in [0.15, 0.2) is 24.3 Å². The van der Waals surface area contributed by atoms with Crippen LogP contribution in [0.1, 0.15) is 44.2 Å². The van der Waals surface area contributed by atoms with E-state index in [0.29, 0.717) is 0 Å². The molecule has 0 aromatic heterocycles. The van der Waals surface area contributed by atoms with Crippen LogP contribution in [0.5, 0.6) is 0 Å². The van der Waals surface area contributed by atoms with Gasteiger partial charge in [0, 0.05) is 6.04 Å². The maximum Gasteiger partial charge on any atom is 0.00983 e. The van der Waals surface area contributed by atoms with Gasteiger partial charge in [-0.2, -0.15) is 0 Å². The van der Waals surface area contributed by atoms with Crippen molar-refractivity contribution >= 4 is 0 Å². The van der Waals surface area contributed by atoms with Gasteiger partial charge in [-0.25, -0.2) is 0 Å². The Morgan fingerprint density at radius 1 is 1.12 bits per heavy atom. The molecule has 1 aromatic rings. The van der Waals surface area contributed by atoms with Crippen LogP contribution in [0.2, 0.25) is 0 Å². The Labute approximate surface area is 106 Å². The number of hydrogen-bond donors (Lipinski definition) is 1. The molecule has 2 rings (SSSR count). The van der Waals surface area contributed by atoms with Crippen molar-refractivity contribution in [2.45, 2.75) is 52.0 Å². The molecule has 1 unspecified atom stereocenters. The summed E-state index contributed by atoms with van der Waals surface area (Å²) >= 11 is 0. The first kappa shape index (κ1) is 12.6. The molecule has 1 fully saturated rings. The Morgan fingerprint density at radius 3 is 2.29 bits per heavy atom. The van der Waals surface area contributed by atoms with Crippen molar-refractivity contribution in [1.29, 1.82) is 0 Å². The molecule has 1 aliphatic carbocycles. The smallest absolute Gasteiger partial charge is 0.00983 e. The minimum atomic E-state index is 0.755. The van der Waals surface area contributed by atoms with E-state index in [1.807, 2.05) is 0 Å². The van der Waals surface area contributed by atoms with Crippen LogP contribution < -0.4 is 5.32 Å². The summed E-state index contributed by atoms with van der Waals surface area (Å²) in [5, 5.41) is 3.64. The molecule has 0 radical (unpaired) electrons. The molecule has 1 saturated carbocycles. The third-order valence-electron chi connectivity index (χ3n) is 3.83. The van der Waals surface area contributed by atoms with Crippen LogP contribution in [-0.4, -0.2) is 12.6 Å². The molecule has 1 heteroatoms. The fourth-order valence-corrected chi connectivity index (χ4v) is 2.53. The first-order valence-corrected chi connectivity index (χ1v) is 7.14. The molecule has 1 aliphatic rings. The summed E-state index contributed by atoms with van der Waals surface area (Å²) in [6.45, 7) is 5.53. The van der Waals surface area contributed by atoms with Gasteiger partial charge < -0.3 is 5.32 Å². The summed E-state index contributed by atoms with van der Waals surface area (Å²) in [5.74, 6) is 0.963. The van der Waals surface area contributed by atoms with Gasteiger partial charge in [-0.05, 0) is 55.7 Å². The summed E-state index contributed by atoms with van der Waals surface area (Å²) in [7, 11) is 0. The van der Waals surface area contributed by atoms with E-state index in [1.54, 1.807) is 0 Å². The maximum atomic E-state index is 3.64. The lowest BCUT2D eigenvalue weighted by molar-refractivity contribution is 0.446. The summed E-state index contributed by atoms with van der Waals surface area (Å²) in [6, 6.07) is 9.90. The van der Waals surface area contributed by atoms with Gasteiger partial charge >= 0.3 is 0 Å². The lowest BCUT2D eigenvalue weighted by atomic mass is 10.0. The average Bonchev–Trinajstić information content (AvgIpc) is 3.19. The zero-order valence-electron chi connectivity index (χ0n) is 11.2. The lowest BCUT2D eigenvalue weighted by Crippen LogP contribution is -2.31. The summed E-state index contributed by atoms with van der Waals surface area (Å²) < 4.78 is 0. The number of aryl methyl sites for hydroxylation is 2. The minimum absolute atomic E-state index is 0.755. The molecule has 0 spiro atoms. The molecule has 1 N–H and O–H groups in total. The van der Waals surface area contributed by atoms with Gasteiger partial charge in [0.1, 0.15) is 0 Å². The monoisotopic (exact) mass is 231 g/mol. The van der Waals surface area contributed by atoms with Crippen LogP contribution in [0, 0.1) is 5.92 Å². The van der Waals surface area contributed by atoms with Gasteiger partial charge in [0.25, 0.3) is 0 Å². The van der Waals surface area contributed by atoms with Crippen LogP contribution >= 0.6 is 0 Å². The van der Waals surface area contributed by atoms with Crippen molar-refractivity contribution in [2.75, 3.05) is 6.54 Å². The quantitative estimate of drug-likeness (QED) is 0.756. The molecule has 17 heavy (non-hydrogen) atoms. The standard InChI is InChI=1S/C16H25N/c1-3-13-5-7-14(8-6-13)9-12-16(17-4-2)15-10-11-15/h5-8,15-17H,3-4,9-12H2,1-2H3. The molecule has 1 nitrogen and oxygen atoms in total. The van der Waals surface area contributed by atoms with Crippen molar-refractivity contribution in [3.63, 3.8) is 0 Å². The fourth-order valence-electron chi connectivity index (χ4n) is 2.53. The van der Waals surface area contributed by atoms with Crippen molar-refractivity contribution in [2.24, 2.45) is 5.92 Å². The molecule has 0 heterocycles. The lowest BCUT2D eigenvalue weighted by Gasteiger charge is -2.17. The van der Waals surface area contributed by atoms with Crippen molar-refractivity contribution in [1.82, 2.24) is 5.32 Å². The second-order valence-electron chi connectivity index (χ2n) is 5.21. The van der Waals surface area contributed by atoms with E-state index >= 15 is 0 Å². The van der Waals surface area contributed by atoms with E-state index < -0.39 is 0 Å². The van der Waals surface area contributed by atoms with Crippen molar-refractivity contribution in [3.8, 4) is 0 Å². The zero-order chi connectivity index (χ0) is 12.1. The second-order valence-corrected chi connectivity index (χ2v) is 5.21. The number of rotatable bonds is 7. The predicted octanol–water partition coefficient (Wildman–Crippen LogP) is 3.57. The van der Waals surface area contributed by atoms with E-state index in [1.165, 1.54) is 36.8 Å². The van der Waals surface area contributed by atoms with Crippen LogP contribution in [-0.2, 0) is 12.8 Å². The van der Waals surface area contributed by atoms with Gasteiger partial charge in [0.2, 0.25) is 0 Å². The first-order chi connectivity index (χ1) is 8.33. The van der Waals surface area contributed by atoms with E-state index in [0.717, 1.165) is 24.9 Å². The minimum Gasteiger partial charge on any atom is -0.314 e. The molecule has 1 atom stereocenters. The van der Waals surface area contributed by atoms with Crippen LogP contribution in [0.4, 0.5) is 0 Å². The highest BCUT2D eigenvalue weighted by Crippen LogP contribution is 2.34. The number of hydrogen-bond acceptors (Lipinski definition) is 1. The Bertz CT molecular complexity index is 324. The zero-order valence-corrected chi connectivity index (χ0v) is 11.2. The summed E-state index contributed by atoms with van der Waals surface area (Å²) in [5.41, 5.74) is 2.94. The van der Waals surface area contributed by atoms with E-state index in [2.05, 4.69) is 43.4 Å².